The van der Waals surface area contributed by atoms with E-state index in [4.69, 9.17) is 9.26 Å². The minimum absolute atomic E-state index is 0.0820. The highest BCUT2D eigenvalue weighted by Gasteiger charge is 2.29. The van der Waals surface area contributed by atoms with Gasteiger partial charge in [-0.2, -0.15) is 0 Å². The molecule has 1 fully saturated rings. The van der Waals surface area contributed by atoms with Crippen LogP contribution in [0.15, 0.2) is 22.4 Å². The first-order valence-electron chi connectivity index (χ1n) is 9.38. The van der Waals surface area contributed by atoms with Crippen LogP contribution in [-0.4, -0.2) is 34.8 Å². The molecule has 26 heavy (non-hydrogen) atoms. The van der Waals surface area contributed by atoms with Crippen LogP contribution in [-0.2, 0) is 10.2 Å². The number of amides is 1. The molecule has 1 N–H and O–H groups in total. The zero-order valence-corrected chi connectivity index (χ0v) is 17.2. The van der Waals surface area contributed by atoms with Crippen molar-refractivity contribution in [2.75, 3.05) is 18.4 Å². The van der Waals surface area contributed by atoms with Gasteiger partial charge < -0.3 is 19.5 Å². The molecule has 0 aliphatic carbocycles. The van der Waals surface area contributed by atoms with E-state index >= 15 is 0 Å². The van der Waals surface area contributed by atoms with Crippen molar-refractivity contribution in [3.63, 3.8) is 0 Å². The Hall–Kier alpha value is -1.98. The highest BCUT2D eigenvalue weighted by Crippen LogP contribution is 2.28. The standard InChI is InChI=1S/C20H33N3O3/c1-8-15(21-17-12-16(26-22-17)19(2,3)4)14-10-9-11-23(13-14)18(24)25-20(5,6)7/h8,12,14H,9-11,13H2,1-7H3,(H,21,22)/b15-8-. The molecule has 0 aromatic carbocycles. The molecule has 1 aromatic rings. The first-order valence-corrected chi connectivity index (χ1v) is 9.38. The summed E-state index contributed by atoms with van der Waals surface area (Å²) in [5.41, 5.74) is 0.504. The fourth-order valence-electron chi connectivity index (χ4n) is 2.97. The second-order valence-corrected chi connectivity index (χ2v) is 8.96. The van der Waals surface area contributed by atoms with Gasteiger partial charge in [-0.3, -0.25) is 0 Å². The lowest BCUT2D eigenvalue weighted by Gasteiger charge is -2.35. The first-order chi connectivity index (χ1) is 12.0. The number of nitrogens with one attached hydrogen (secondary N) is 1. The average Bonchev–Trinajstić information content (AvgIpc) is 3.00. The smallest absolute Gasteiger partial charge is 0.410 e. The van der Waals surface area contributed by atoms with Gasteiger partial charge in [0.1, 0.15) is 11.4 Å². The largest absolute Gasteiger partial charge is 0.444 e. The minimum atomic E-state index is -0.476. The SMILES string of the molecule is C/C=C(\Nc1cc(C(C)(C)C)on1)C1CCCN(C(=O)OC(C)(C)C)C1. The molecule has 6 nitrogen and oxygen atoms in total. The Morgan fingerprint density at radius 1 is 1.35 bits per heavy atom. The number of carbonyl (C=O) groups is 1. The molecule has 0 spiro atoms. The third kappa shape index (κ3) is 5.51. The highest BCUT2D eigenvalue weighted by atomic mass is 16.6. The second kappa shape index (κ2) is 7.72. The van der Waals surface area contributed by atoms with Gasteiger partial charge in [0, 0.05) is 36.2 Å². The molecule has 0 radical (unpaired) electrons. The van der Waals surface area contributed by atoms with Gasteiger partial charge in [-0.1, -0.05) is 32.0 Å². The van der Waals surface area contributed by atoms with Gasteiger partial charge in [0.2, 0.25) is 0 Å². The van der Waals surface area contributed by atoms with Crippen molar-refractivity contribution >= 4 is 11.9 Å². The Balaban J connectivity index is 2.03. The Morgan fingerprint density at radius 2 is 2.04 bits per heavy atom. The molecular formula is C20H33N3O3. The third-order valence-corrected chi connectivity index (χ3v) is 4.35. The van der Waals surface area contributed by atoms with Crippen LogP contribution in [0.4, 0.5) is 10.6 Å². The van der Waals surface area contributed by atoms with Gasteiger partial charge in [-0.15, -0.1) is 0 Å². The van der Waals surface area contributed by atoms with E-state index in [2.05, 4.69) is 37.3 Å². The van der Waals surface area contributed by atoms with Crippen LogP contribution < -0.4 is 5.32 Å². The summed E-state index contributed by atoms with van der Waals surface area (Å²) in [6, 6.07) is 1.94. The van der Waals surface area contributed by atoms with Crippen LogP contribution in [0, 0.1) is 5.92 Å². The second-order valence-electron chi connectivity index (χ2n) is 8.96. The summed E-state index contributed by atoms with van der Waals surface area (Å²) in [5, 5.41) is 7.51. The number of carbonyl (C=O) groups excluding carboxylic acids is 1. The molecule has 146 valence electrons. The molecule has 1 aromatic heterocycles. The molecule has 1 saturated heterocycles. The molecule has 1 unspecified atom stereocenters. The number of piperidine rings is 1. The number of anilines is 1. The van der Waals surface area contributed by atoms with Gasteiger partial charge in [0.05, 0.1) is 0 Å². The number of aromatic nitrogens is 1. The lowest BCUT2D eigenvalue weighted by atomic mass is 9.93. The van der Waals surface area contributed by atoms with Crippen LogP contribution in [0.5, 0.6) is 0 Å². The van der Waals surface area contributed by atoms with Gasteiger partial charge >= 0.3 is 6.09 Å². The van der Waals surface area contributed by atoms with Crippen molar-refractivity contribution in [2.45, 2.75) is 72.3 Å². The van der Waals surface area contributed by atoms with Crippen molar-refractivity contribution in [3.8, 4) is 0 Å². The maximum Gasteiger partial charge on any atom is 0.410 e. The van der Waals surface area contributed by atoms with E-state index in [-0.39, 0.29) is 17.4 Å². The van der Waals surface area contributed by atoms with E-state index in [9.17, 15) is 4.79 Å². The van der Waals surface area contributed by atoms with Crippen molar-refractivity contribution in [1.29, 1.82) is 0 Å². The minimum Gasteiger partial charge on any atom is -0.444 e. The van der Waals surface area contributed by atoms with Crippen LogP contribution in [0.25, 0.3) is 0 Å². The molecule has 1 atom stereocenters. The molecule has 1 aliphatic rings. The zero-order valence-electron chi connectivity index (χ0n) is 17.2. The van der Waals surface area contributed by atoms with E-state index in [0.717, 1.165) is 30.8 Å². The van der Waals surface area contributed by atoms with E-state index in [1.54, 1.807) is 4.90 Å². The summed E-state index contributed by atoms with van der Waals surface area (Å²) < 4.78 is 11.0. The average molecular weight is 364 g/mol. The van der Waals surface area contributed by atoms with Gasteiger partial charge in [0.25, 0.3) is 0 Å². The molecule has 0 bridgehead atoms. The number of allylic oxidation sites excluding steroid dienone is 1. The number of likely N-dealkylation sites (tertiary alicyclic amines) is 1. The molecule has 2 heterocycles. The van der Waals surface area contributed by atoms with E-state index in [1.165, 1.54) is 0 Å². The molecule has 1 amide bonds. The predicted octanol–water partition coefficient (Wildman–Crippen LogP) is 4.93. The monoisotopic (exact) mass is 363 g/mol. The third-order valence-electron chi connectivity index (χ3n) is 4.35. The van der Waals surface area contributed by atoms with Gasteiger partial charge in [-0.25, -0.2) is 4.79 Å². The topological polar surface area (TPSA) is 67.6 Å². The maximum atomic E-state index is 12.4. The van der Waals surface area contributed by atoms with Crippen molar-refractivity contribution < 1.29 is 14.1 Å². The summed E-state index contributed by atoms with van der Waals surface area (Å²) in [5.74, 6) is 1.78. The van der Waals surface area contributed by atoms with Crippen LogP contribution in [0.1, 0.15) is 67.1 Å². The number of ether oxygens (including phenoxy) is 1. The van der Waals surface area contributed by atoms with Crippen LogP contribution in [0.3, 0.4) is 0 Å². The molecule has 6 heteroatoms. The fourth-order valence-corrected chi connectivity index (χ4v) is 2.97. The summed E-state index contributed by atoms with van der Waals surface area (Å²) >= 11 is 0. The van der Waals surface area contributed by atoms with E-state index in [1.807, 2.05) is 33.8 Å². The first kappa shape index (κ1) is 20.3. The molecule has 2 rings (SSSR count). The normalized spacial score (nSPS) is 19.4. The van der Waals surface area contributed by atoms with Gasteiger partial charge in [0.15, 0.2) is 5.82 Å². The lowest BCUT2D eigenvalue weighted by molar-refractivity contribution is 0.0183. The summed E-state index contributed by atoms with van der Waals surface area (Å²) in [7, 11) is 0. The lowest BCUT2D eigenvalue weighted by Crippen LogP contribution is -2.43. The highest BCUT2D eigenvalue weighted by molar-refractivity contribution is 5.68. The number of hydrogen-bond donors (Lipinski definition) is 1. The van der Waals surface area contributed by atoms with E-state index < -0.39 is 5.60 Å². The summed E-state index contributed by atoms with van der Waals surface area (Å²) in [6.45, 7) is 15.3. The van der Waals surface area contributed by atoms with Crippen LogP contribution in [0.2, 0.25) is 0 Å². The van der Waals surface area contributed by atoms with Crippen molar-refractivity contribution in [3.05, 3.63) is 23.6 Å². The Bertz CT molecular complexity index is 650. The predicted molar refractivity (Wildman–Crippen MR) is 103 cm³/mol. The van der Waals surface area contributed by atoms with Crippen molar-refractivity contribution in [1.82, 2.24) is 10.1 Å². The molecular weight excluding hydrogens is 330 g/mol. The van der Waals surface area contributed by atoms with Crippen LogP contribution >= 0.6 is 0 Å². The molecule has 0 saturated carbocycles. The Kier molecular flexibility index (Phi) is 6.04. The summed E-state index contributed by atoms with van der Waals surface area (Å²) in [6.07, 6.45) is 3.79. The number of nitrogens with zero attached hydrogens (tertiary/aromatic N) is 2. The zero-order chi connectivity index (χ0) is 19.5. The van der Waals surface area contributed by atoms with Gasteiger partial charge in [-0.05, 0) is 40.5 Å². The quantitative estimate of drug-likeness (QED) is 0.824. The molecule has 1 aliphatic heterocycles. The maximum absolute atomic E-state index is 12.4. The summed E-state index contributed by atoms with van der Waals surface area (Å²) in [4.78, 5) is 14.2. The number of hydrogen-bond acceptors (Lipinski definition) is 5. The fraction of sp³-hybridized carbons (Fsp3) is 0.700. The number of rotatable bonds is 3. The Labute approximate surface area is 156 Å². The van der Waals surface area contributed by atoms with Crippen molar-refractivity contribution in [2.24, 2.45) is 5.92 Å². The van der Waals surface area contributed by atoms with E-state index in [0.29, 0.717) is 12.4 Å². The Morgan fingerprint density at radius 3 is 2.58 bits per heavy atom.